The first-order valence-corrected chi connectivity index (χ1v) is 29.1. The fourth-order valence-corrected chi connectivity index (χ4v) is 15.7. The van der Waals surface area contributed by atoms with Crippen molar-refractivity contribution in [3.05, 3.63) is 36.0 Å². The number of carbonyl (C=O) groups excluding carboxylic acids is 5. The molecule has 74 heavy (non-hydrogen) atoms. The van der Waals surface area contributed by atoms with Gasteiger partial charge in [0, 0.05) is 60.4 Å². The van der Waals surface area contributed by atoms with Crippen molar-refractivity contribution in [2.24, 2.45) is 40.4 Å². The highest BCUT2D eigenvalue weighted by molar-refractivity contribution is 8.77. The van der Waals surface area contributed by atoms with Crippen LogP contribution in [0.4, 0.5) is 18.4 Å². The Morgan fingerprint density at radius 3 is 2.38 bits per heavy atom. The Balaban J connectivity index is 0.736. The average molecular weight is 1080 g/mol. The van der Waals surface area contributed by atoms with E-state index in [2.05, 4.69) is 17.2 Å². The average Bonchev–Trinajstić information content (AvgIpc) is 3.75. The van der Waals surface area contributed by atoms with Gasteiger partial charge in [0.25, 0.3) is 0 Å². The van der Waals surface area contributed by atoms with Crippen LogP contribution in [-0.4, -0.2) is 166 Å². The first-order chi connectivity index (χ1) is 35.2. The molecule has 6 aliphatic carbocycles. The standard InChI is InChI=1S/C54H81F2N3O13S2/c1-8-10-47-71-45-29-39-40-28-42(55)41-27-35(60)15-16-51(41,5)53(40,56)43(61)30-52(39,6)54(45,72-47)44(62)33-70-49(65)59(7)19-26-73-74-50(3,4)31-46(63)57-17-20-66-22-24-68-25-23-67-21-18-58-48(64)69-32-38-36-12-9-11-34(2)13-14-37(36)38/h15-16,27,36-40,42-43,45,47,61H,2,8-14,17-26,28-33H2,1,3-7H3,(H,57,63)(H,58,64)/t36-,37+,38-,39?,40-,42-,43-,45+,47?,51-,52-,53-,54+/m0/s1. The summed E-state index contributed by atoms with van der Waals surface area (Å²) in [4.78, 5) is 66.3. The van der Waals surface area contributed by atoms with Gasteiger partial charge >= 0.3 is 12.2 Å². The molecule has 6 fully saturated rings. The van der Waals surface area contributed by atoms with Crippen LogP contribution in [0.3, 0.4) is 0 Å². The Kier molecular flexibility index (Phi) is 19.9. The van der Waals surface area contributed by atoms with E-state index in [1.54, 1.807) is 14.0 Å². The summed E-state index contributed by atoms with van der Waals surface area (Å²) in [7, 11) is 4.58. The molecule has 1 heterocycles. The molecule has 0 spiro atoms. The Bertz CT molecular complexity index is 2100. The molecule has 5 saturated carbocycles. The highest BCUT2D eigenvalue weighted by Gasteiger charge is 2.80. The maximum absolute atomic E-state index is 17.8. The summed E-state index contributed by atoms with van der Waals surface area (Å²) in [6.45, 7) is 16.3. The van der Waals surface area contributed by atoms with Crippen molar-refractivity contribution in [1.29, 1.82) is 0 Å². The number of amides is 3. The summed E-state index contributed by atoms with van der Waals surface area (Å²) in [5.74, 6) is -0.447. The molecule has 7 aliphatic rings. The van der Waals surface area contributed by atoms with Gasteiger partial charge in [-0.25, -0.2) is 18.4 Å². The number of rotatable bonds is 26. The lowest BCUT2D eigenvalue weighted by Gasteiger charge is -2.63. The Hall–Kier alpha value is -3.11. The quantitative estimate of drug-likeness (QED) is 0.0433. The van der Waals surface area contributed by atoms with Crippen LogP contribution in [0.1, 0.15) is 105 Å². The predicted molar refractivity (Wildman–Crippen MR) is 277 cm³/mol. The minimum Gasteiger partial charge on any atom is -0.449 e. The van der Waals surface area contributed by atoms with E-state index in [-0.39, 0.29) is 43.7 Å². The zero-order valence-corrected chi connectivity index (χ0v) is 45.9. The van der Waals surface area contributed by atoms with Crippen molar-refractivity contribution in [2.45, 2.75) is 146 Å². The third-order valence-electron chi connectivity index (χ3n) is 17.0. The fourth-order valence-electron chi connectivity index (χ4n) is 13.1. The lowest BCUT2D eigenvalue weighted by atomic mass is 9.44. The first-order valence-electron chi connectivity index (χ1n) is 26.8. The van der Waals surface area contributed by atoms with Gasteiger partial charge in [-0.1, -0.05) is 60.1 Å². The molecule has 0 radical (unpaired) electrons. The van der Waals surface area contributed by atoms with Crippen LogP contribution in [-0.2, 0) is 47.5 Å². The van der Waals surface area contributed by atoms with E-state index in [4.69, 9.17) is 33.2 Å². The SMILES string of the molecule is C=C1CCC[C@H]2[C@@H](CC1)[C@H]2COC(=O)NCCOCCOCCOCCNC(=O)CC(C)(C)SSCCN(C)C(=O)OCC(=O)[C@@]12OC(CCC)O[C@@H]1CC1[C@@H]3C[C@H](F)C4=CC(=O)C=C[C@]4(C)[C@@]3(F)[C@@H](O)C[C@@]12C. The van der Waals surface area contributed by atoms with Gasteiger partial charge in [0.2, 0.25) is 11.7 Å². The number of ether oxygens (including phenoxy) is 7. The number of nitrogens with zero attached hydrogens (tertiary/aromatic N) is 1. The van der Waals surface area contributed by atoms with Gasteiger partial charge < -0.3 is 53.8 Å². The third kappa shape index (κ3) is 12.7. The summed E-state index contributed by atoms with van der Waals surface area (Å²) in [6.07, 6.45) is 4.63. The van der Waals surface area contributed by atoms with Crippen molar-refractivity contribution in [1.82, 2.24) is 15.5 Å². The van der Waals surface area contributed by atoms with E-state index in [1.807, 2.05) is 20.8 Å². The summed E-state index contributed by atoms with van der Waals surface area (Å²) in [6, 6.07) is 0. The highest BCUT2D eigenvalue weighted by atomic mass is 33.1. The minimum absolute atomic E-state index is 0.0173. The molecular weight excluding hydrogens is 1000 g/mol. The number of fused-ring (bicyclic) bond motifs is 8. The normalized spacial score (nSPS) is 34.9. The van der Waals surface area contributed by atoms with Crippen LogP contribution >= 0.6 is 21.6 Å². The van der Waals surface area contributed by atoms with Gasteiger partial charge in [-0.3, -0.25) is 14.4 Å². The largest absolute Gasteiger partial charge is 0.449 e. The van der Waals surface area contributed by atoms with Crippen LogP contribution in [0.25, 0.3) is 0 Å². The van der Waals surface area contributed by atoms with Crippen molar-refractivity contribution >= 4 is 51.2 Å². The minimum atomic E-state index is -2.33. The number of Topliss-reactive ketones (excluding diaryl/α,β-unsaturated/α-hetero) is 1. The van der Waals surface area contributed by atoms with E-state index >= 15 is 8.78 Å². The van der Waals surface area contributed by atoms with Crippen LogP contribution < -0.4 is 10.6 Å². The zero-order valence-electron chi connectivity index (χ0n) is 44.3. The van der Waals surface area contributed by atoms with Crippen LogP contribution in [0, 0.1) is 40.4 Å². The van der Waals surface area contributed by atoms with Gasteiger partial charge in [-0.05, 0) is 120 Å². The highest BCUT2D eigenvalue weighted by Crippen LogP contribution is 2.72. The number of carbonyl (C=O) groups is 5. The number of aliphatic hydroxyl groups excluding tert-OH is 1. The Morgan fingerprint density at radius 2 is 1.66 bits per heavy atom. The smallest absolute Gasteiger partial charge is 0.409 e. The lowest BCUT2D eigenvalue weighted by Crippen LogP contribution is -2.71. The number of hydrogen-bond acceptors (Lipinski definition) is 15. The Labute approximate surface area is 443 Å². The number of allylic oxidation sites excluding steroid dienone is 5. The van der Waals surface area contributed by atoms with E-state index in [0.29, 0.717) is 95.7 Å². The molecule has 16 nitrogen and oxygen atoms in total. The summed E-state index contributed by atoms with van der Waals surface area (Å²) in [5, 5.41) is 17.5. The van der Waals surface area contributed by atoms with Crippen molar-refractivity contribution in [3.63, 3.8) is 0 Å². The molecule has 7 rings (SSSR count). The molecule has 0 bridgehead atoms. The molecule has 3 N–H and O–H groups in total. The second-order valence-electron chi connectivity index (χ2n) is 22.4. The van der Waals surface area contributed by atoms with Crippen molar-refractivity contribution in [3.8, 4) is 0 Å². The fraction of sp³-hybridized carbons (Fsp3) is 0.796. The van der Waals surface area contributed by atoms with Gasteiger partial charge in [0.05, 0.1) is 58.5 Å². The van der Waals surface area contributed by atoms with E-state index in [0.717, 1.165) is 25.3 Å². The van der Waals surface area contributed by atoms with E-state index in [9.17, 15) is 29.1 Å². The molecule has 2 unspecified atom stereocenters. The molecule has 1 saturated heterocycles. The number of alkyl carbamates (subject to hydrolysis) is 1. The molecule has 416 valence electrons. The van der Waals surface area contributed by atoms with Crippen molar-refractivity contribution in [2.75, 3.05) is 85.3 Å². The first kappa shape index (κ1) is 58.6. The molecule has 0 aromatic carbocycles. The maximum atomic E-state index is 17.8. The zero-order chi connectivity index (χ0) is 53.5. The second-order valence-corrected chi connectivity index (χ2v) is 25.5. The topological polar surface area (TPSA) is 197 Å². The van der Waals surface area contributed by atoms with Gasteiger partial charge in [-0.15, -0.1) is 0 Å². The molecule has 0 aromatic heterocycles. The van der Waals surface area contributed by atoms with Crippen LogP contribution in [0.5, 0.6) is 0 Å². The lowest BCUT2D eigenvalue weighted by molar-refractivity contribution is -0.234. The molecule has 3 amide bonds. The molecule has 20 heteroatoms. The summed E-state index contributed by atoms with van der Waals surface area (Å²) in [5.41, 5.74) is -5.44. The number of aliphatic hydroxyl groups is 1. The third-order valence-corrected chi connectivity index (χ3v) is 20.3. The van der Waals surface area contributed by atoms with Crippen molar-refractivity contribution < 1.29 is 71.0 Å². The second kappa shape index (κ2) is 25.1. The number of halogens is 2. The maximum Gasteiger partial charge on any atom is 0.409 e. The van der Waals surface area contributed by atoms with Crippen LogP contribution in [0.2, 0.25) is 0 Å². The van der Waals surface area contributed by atoms with Gasteiger partial charge in [-0.2, -0.15) is 0 Å². The number of alkyl halides is 2. The van der Waals surface area contributed by atoms with E-state index < -0.39 is 93.7 Å². The molecule has 13 atom stereocenters. The van der Waals surface area contributed by atoms with Crippen LogP contribution in [0.15, 0.2) is 36.0 Å². The van der Waals surface area contributed by atoms with Gasteiger partial charge in [0.1, 0.15) is 6.17 Å². The van der Waals surface area contributed by atoms with Gasteiger partial charge in [0.15, 0.2) is 29.9 Å². The summed E-state index contributed by atoms with van der Waals surface area (Å²) < 4.78 is 74.1. The summed E-state index contributed by atoms with van der Waals surface area (Å²) >= 11 is 0. The number of nitrogens with one attached hydrogen (secondary N) is 2. The predicted octanol–water partition coefficient (Wildman–Crippen LogP) is 7.66. The van der Waals surface area contributed by atoms with E-state index in [1.165, 1.54) is 64.0 Å². The monoisotopic (exact) mass is 1080 g/mol. The Morgan fingerprint density at radius 1 is 0.973 bits per heavy atom. The number of hydrogen-bond donors (Lipinski definition) is 3. The number of ketones is 2. The molecular formula is C54H81F2N3O13S2. The molecule has 1 aliphatic heterocycles. The molecule has 0 aromatic rings.